The molecule has 0 spiro atoms. The van der Waals surface area contributed by atoms with E-state index >= 15 is 0 Å². The van der Waals surface area contributed by atoms with Crippen molar-refractivity contribution < 1.29 is 8.78 Å². The minimum atomic E-state index is -0.726. The van der Waals surface area contributed by atoms with Crippen LogP contribution in [0.3, 0.4) is 0 Å². The third-order valence-electron chi connectivity index (χ3n) is 2.62. The van der Waals surface area contributed by atoms with Gasteiger partial charge >= 0.3 is 5.69 Å². The normalized spacial score (nSPS) is 10.6. The van der Waals surface area contributed by atoms with E-state index in [9.17, 15) is 18.4 Å². The van der Waals surface area contributed by atoms with Gasteiger partial charge in [-0.25, -0.2) is 13.6 Å². The SMILES string of the molecule is Cn1c(=O)ccn(Cc2ccc(F)cc2F)c1=O. The zero-order chi connectivity index (χ0) is 13.3. The molecule has 4 nitrogen and oxygen atoms in total. The number of halogens is 2. The van der Waals surface area contributed by atoms with Crippen LogP contribution in [-0.4, -0.2) is 9.13 Å². The Balaban J connectivity index is 2.44. The monoisotopic (exact) mass is 252 g/mol. The maximum Gasteiger partial charge on any atom is 0.331 e. The molecule has 0 atom stereocenters. The summed E-state index contributed by atoms with van der Waals surface area (Å²) in [5.74, 6) is -1.40. The van der Waals surface area contributed by atoms with Crippen LogP contribution in [0.4, 0.5) is 8.78 Å². The van der Waals surface area contributed by atoms with Crippen molar-refractivity contribution in [2.75, 3.05) is 0 Å². The molecule has 1 aromatic heterocycles. The van der Waals surface area contributed by atoms with Crippen LogP contribution in [0.25, 0.3) is 0 Å². The van der Waals surface area contributed by atoms with Crippen molar-refractivity contribution in [2.45, 2.75) is 6.54 Å². The van der Waals surface area contributed by atoms with E-state index in [1.54, 1.807) is 0 Å². The highest BCUT2D eigenvalue weighted by Gasteiger charge is 2.07. The first-order chi connectivity index (χ1) is 8.49. The van der Waals surface area contributed by atoms with Crippen LogP contribution >= 0.6 is 0 Å². The lowest BCUT2D eigenvalue weighted by Crippen LogP contribution is -2.37. The maximum atomic E-state index is 13.4. The molecule has 0 N–H and O–H groups in total. The van der Waals surface area contributed by atoms with Crippen LogP contribution in [0.5, 0.6) is 0 Å². The smallest absolute Gasteiger partial charge is 0.296 e. The van der Waals surface area contributed by atoms with Crippen LogP contribution in [-0.2, 0) is 13.6 Å². The first-order valence-corrected chi connectivity index (χ1v) is 5.19. The molecule has 1 heterocycles. The van der Waals surface area contributed by atoms with Crippen molar-refractivity contribution in [3.63, 3.8) is 0 Å². The molecule has 0 bridgehead atoms. The summed E-state index contributed by atoms with van der Waals surface area (Å²) in [5.41, 5.74) is -0.806. The average molecular weight is 252 g/mol. The van der Waals surface area contributed by atoms with Gasteiger partial charge in [-0.2, -0.15) is 0 Å². The number of hydrogen-bond acceptors (Lipinski definition) is 2. The Morgan fingerprint density at radius 1 is 1.17 bits per heavy atom. The third-order valence-corrected chi connectivity index (χ3v) is 2.62. The molecule has 0 amide bonds. The van der Waals surface area contributed by atoms with Gasteiger partial charge in [-0.05, 0) is 6.07 Å². The van der Waals surface area contributed by atoms with Crippen LogP contribution < -0.4 is 11.2 Å². The van der Waals surface area contributed by atoms with Crippen molar-refractivity contribution in [3.8, 4) is 0 Å². The van der Waals surface area contributed by atoms with Crippen LogP contribution in [0.1, 0.15) is 5.56 Å². The minimum absolute atomic E-state index is 0.0565. The van der Waals surface area contributed by atoms with Gasteiger partial charge in [0.25, 0.3) is 5.56 Å². The molecule has 0 radical (unpaired) electrons. The molecular formula is C12H10F2N2O2. The van der Waals surface area contributed by atoms with Gasteiger partial charge < -0.3 is 0 Å². The molecule has 0 aliphatic heterocycles. The molecule has 0 fully saturated rings. The molecule has 18 heavy (non-hydrogen) atoms. The van der Waals surface area contributed by atoms with E-state index in [2.05, 4.69) is 0 Å². The standard InChI is InChI=1S/C12H10F2N2O2/c1-15-11(17)4-5-16(12(15)18)7-8-2-3-9(13)6-10(8)14/h2-6H,7H2,1H3. The fourth-order valence-electron chi connectivity index (χ4n) is 1.57. The summed E-state index contributed by atoms with van der Waals surface area (Å²) in [6, 6.07) is 4.35. The van der Waals surface area contributed by atoms with E-state index in [1.807, 2.05) is 0 Å². The van der Waals surface area contributed by atoms with Crippen LogP contribution in [0.15, 0.2) is 40.1 Å². The maximum absolute atomic E-state index is 13.4. The van der Waals surface area contributed by atoms with Gasteiger partial charge in [-0.3, -0.25) is 13.9 Å². The number of rotatable bonds is 2. The van der Waals surface area contributed by atoms with Gasteiger partial charge in [0.1, 0.15) is 11.6 Å². The van der Waals surface area contributed by atoms with Gasteiger partial charge in [0.15, 0.2) is 0 Å². The van der Waals surface area contributed by atoms with E-state index < -0.39 is 22.9 Å². The predicted octanol–water partition coefficient (Wildman–Crippen LogP) is 0.873. The van der Waals surface area contributed by atoms with Gasteiger partial charge in [0.2, 0.25) is 0 Å². The molecule has 0 aliphatic rings. The molecule has 0 aliphatic carbocycles. The van der Waals surface area contributed by atoms with Crippen molar-refractivity contribution in [2.24, 2.45) is 7.05 Å². The highest BCUT2D eigenvalue weighted by Crippen LogP contribution is 2.10. The lowest BCUT2D eigenvalue weighted by Gasteiger charge is -2.07. The average Bonchev–Trinajstić information content (AvgIpc) is 2.33. The Bertz CT molecular complexity index is 704. The first kappa shape index (κ1) is 12.2. The number of nitrogens with zero attached hydrogens (tertiary/aromatic N) is 2. The molecule has 6 heteroatoms. The summed E-state index contributed by atoms with van der Waals surface area (Å²) < 4.78 is 28.2. The second-order valence-electron chi connectivity index (χ2n) is 3.86. The van der Waals surface area contributed by atoms with E-state index in [4.69, 9.17) is 0 Å². The lowest BCUT2D eigenvalue weighted by atomic mass is 10.2. The summed E-state index contributed by atoms with van der Waals surface area (Å²) in [5, 5.41) is 0. The van der Waals surface area contributed by atoms with Gasteiger partial charge in [-0.1, -0.05) is 6.07 Å². The Morgan fingerprint density at radius 2 is 1.89 bits per heavy atom. The van der Waals surface area contributed by atoms with Crippen LogP contribution in [0, 0.1) is 11.6 Å². The van der Waals surface area contributed by atoms with Crippen molar-refractivity contribution in [1.29, 1.82) is 0 Å². The molecule has 0 saturated carbocycles. The summed E-state index contributed by atoms with van der Waals surface area (Å²) in [6.07, 6.45) is 1.29. The van der Waals surface area contributed by atoms with Gasteiger partial charge in [0, 0.05) is 30.9 Å². The lowest BCUT2D eigenvalue weighted by molar-refractivity contribution is 0.558. The van der Waals surface area contributed by atoms with E-state index in [-0.39, 0.29) is 12.1 Å². The van der Waals surface area contributed by atoms with Crippen LogP contribution in [0.2, 0.25) is 0 Å². The predicted molar refractivity (Wildman–Crippen MR) is 61.4 cm³/mol. The highest BCUT2D eigenvalue weighted by molar-refractivity contribution is 5.18. The first-order valence-electron chi connectivity index (χ1n) is 5.19. The number of aromatic nitrogens is 2. The number of benzene rings is 1. The van der Waals surface area contributed by atoms with Crippen molar-refractivity contribution in [3.05, 3.63) is 68.5 Å². The van der Waals surface area contributed by atoms with Gasteiger partial charge in [0.05, 0.1) is 6.54 Å². The molecular weight excluding hydrogens is 242 g/mol. The summed E-state index contributed by atoms with van der Waals surface area (Å²) in [7, 11) is 1.34. The Morgan fingerprint density at radius 3 is 2.56 bits per heavy atom. The van der Waals surface area contributed by atoms with Gasteiger partial charge in [-0.15, -0.1) is 0 Å². The molecule has 0 saturated heterocycles. The topological polar surface area (TPSA) is 44.0 Å². The second-order valence-corrected chi connectivity index (χ2v) is 3.86. The van der Waals surface area contributed by atoms with E-state index in [1.165, 1.54) is 29.9 Å². The molecule has 0 unspecified atom stereocenters. The Hall–Kier alpha value is -2.24. The number of hydrogen-bond donors (Lipinski definition) is 0. The summed E-state index contributed by atoms with van der Waals surface area (Å²) >= 11 is 0. The summed E-state index contributed by atoms with van der Waals surface area (Å²) in [6.45, 7) is -0.0565. The zero-order valence-electron chi connectivity index (χ0n) is 9.56. The Labute approximate surface area is 101 Å². The van der Waals surface area contributed by atoms with E-state index in [0.717, 1.165) is 16.7 Å². The largest absolute Gasteiger partial charge is 0.331 e. The van der Waals surface area contributed by atoms with E-state index in [0.29, 0.717) is 0 Å². The quantitative estimate of drug-likeness (QED) is 0.796. The molecule has 2 aromatic rings. The highest BCUT2D eigenvalue weighted by atomic mass is 19.1. The third kappa shape index (κ3) is 2.22. The molecule has 94 valence electrons. The molecule has 2 rings (SSSR count). The summed E-state index contributed by atoms with van der Waals surface area (Å²) in [4.78, 5) is 22.9. The fraction of sp³-hybridized carbons (Fsp3) is 0.167. The van der Waals surface area contributed by atoms with Crippen molar-refractivity contribution in [1.82, 2.24) is 9.13 Å². The molecule has 1 aromatic carbocycles. The second kappa shape index (κ2) is 4.56. The minimum Gasteiger partial charge on any atom is -0.296 e. The Kier molecular flexibility index (Phi) is 3.10. The fourth-order valence-corrected chi connectivity index (χ4v) is 1.57. The van der Waals surface area contributed by atoms with Crippen molar-refractivity contribution >= 4 is 0 Å². The zero-order valence-corrected chi connectivity index (χ0v) is 9.56.